The van der Waals surface area contributed by atoms with Gasteiger partial charge in [-0.1, -0.05) is 20.3 Å². The minimum absolute atomic E-state index is 0.00227. The van der Waals surface area contributed by atoms with Crippen LogP contribution in [0.4, 0.5) is 5.82 Å². The quantitative estimate of drug-likeness (QED) is 0.688. The summed E-state index contributed by atoms with van der Waals surface area (Å²) >= 11 is 0. The lowest BCUT2D eigenvalue weighted by Crippen LogP contribution is -2.36. The van der Waals surface area contributed by atoms with E-state index in [0.29, 0.717) is 25.5 Å². The Morgan fingerprint density at radius 2 is 1.93 bits per heavy atom. The second-order valence-electron chi connectivity index (χ2n) is 6.95. The second-order valence-corrected chi connectivity index (χ2v) is 8.85. The molecule has 1 fully saturated rings. The van der Waals surface area contributed by atoms with Gasteiger partial charge in [0.2, 0.25) is 10.0 Å². The van der Waals surface area contributed by atoms with Gasteiger partial charge in [-0.25, -0.2) is 13.4 Å². The molecule has 0 amide bonds. The Morgan fingerprint density at radius 3 is 2.57 bits per heavy atom. The van der Waals surface area contributed by atoms with Crippen LogP contribution < -0.4 is 5.32 Å². The molecule has 0 saturated carbocycles. The van der Waals surface area contributed by atoms with Crippen LogP contribution in [0.15, 0.2) is 46.0 Å². The van der Waals surface area contributed by atoms with Gasteiger partial charge < -0.3 is 9.73 Å². The third kappa shape index (κ3) is 4.56. The Labute approximate surface area is 167 Å². The molecular weight excluding hydrogens is 376 g/mol. The molecule has 2 aromatic rings. The van der Waals surface area contributed by atoms with Gasteiger partial charge in [0.1, 0.15) is 16.5 Å². The first-order chi connectivity index (χ1) is 13.6. The maximum atomic E-state index is 13.1. The molecule has 3 rings (SSSR count). The maximum Gasteiger partial charge on any atom is 0.246 e. The van der Waals surface area contributed by atoms with Crippen LogP contribution in [-0.2, 0) is 10.0 Å². The van der Waals surface area contributed by atoms with Gasteiger partial charge in [0, 0.05) is 25.8 Å². The van der Waals surface area contributed by atoms with Crippen molar-refractivity contribution in [2.45, 2.75) is 44.0 Å². The summed E-state index contributed by atoms with van der Waals surface area (Å²) in [5, 5.41) is 3.28. The van der Waals surface area contributed by atoms with Gasteiger partial charge in [0.15, 0.2) is 0 Å². The minimum Gasteiger partial charge on any atom is -0.468 e. The van der Waals surface area contributed by atoms with E-state index in [0.717, 1.165) is 38.1 Å². The number of likely N-dealkylation sites (N-methyl/N-ethyl adjacent to an activating group) is 1. The van der Waals surface area contributed by atoms with Crippen molar-refractivity contribution in [1.82, 2.24) is 14.2 Å². The number of anilines is 1. The topological polar surface area (TPSA) is 78.7 Å². The van der Waals surface area contributed by atoms with E-state index in [4.69, 9.17) is 4.42 Å². The van der Waals surface area contributed by atoms with Gasteiger partial charge in [-0.2, -0.15) is 4.31 Å². The highest BCUT2D eigenvalue weighted by atomic mass is 32.2. The number of hydrogen-bond acceptors (Lipinski definition) is 6. The fourth-order valence-electron chi connectivity index (χ4n) is 3.72. The molecule has 2 aromatic heterocycles. The molecule has 3 heterocycles. The van der Waals surface area contributed by atoms with E-state index in [1.165, 1.54) is 0 Å². The van der Waals surface area contributed by atoms with Gasteiger partial charge in [-0.15, -0.1) is 0 Å². The Morgan fingerprint density at radius 1 is 1.18 bits per heavy atom. The Kier molecular flexibility index (Phi) is 7.09. The fourth-order valence-corrected chi connectivity index (χ4v) is 5.36. The molecule has 1 unspecified atom stereocenters. The average molecular weight is 407 g/mol. The Bertz CT molecular complexity index is 829. The summed E-state index contributed by atoms with van der Waals surface area (Å²) in [4.78, 5) is 6.85. The van der Waals surface area contributed by atoms with Crippen molar-refractivity contribution in [2.24, 2.45) is 0 Å². The van der Waals surface area contributed by atoms with Crippen LogP contribution in [-0.4, -0.2) is 55.3 Å². The van der Waals surface area contributed by atoms with Crippen molar-refractivity contribution in [1.29, 1.82) is 0 Å². The predicted octanol–water partition coefficient (Wildman–Crippen LogP) is 3.34. The number of nitrogens with one attached hydrogen (secondary N) is 1. The highest BCUT2D eigenvalue weighted by Gasteiger charge is 2.29. The van der Waals surface area contributed by atoms with Crippen molar-refractivity contribution >= 4 is 15.8 Å². The first-order valence-electron chi connectivity index (χ1n) is 10.0. The maximum absolute atomic E-state index is 13.1. The van der Waals surface area contributed by atoms with Crippen LogP contribution in [0.3, 0.4) is 0 Å². The summed E-state index contributed by atoms with van der Waals surface area (Å²) in [5.74, 6) is 1.25. The van der Waals surface area contributed by atoms with Gasteiger partial charge in [-0.05, 0) is 50.2 Å². The average Bonchev–Trinajstić information content (AvgIpc) is 3.26. The normalized spacial score (nSPS) is 17.0. The zero-order valence-corrected chi connectivity index (χ0v) is 17.5. The Hall–Kier alpha value is -1.90. The summed E-state index contributed by atoms with van der Waals surface area (Å²) in [6.07, 6.45) is 6.18. The number of nitrogens with zero attached hydrogens (tertiary/aromatic N) is 3. The van der Waals surface area contributed by atoms with Crippen molar-refractivity contribution in [3.05, 3.63) is 42.5 Å². The molecule has 1 saturated heterocycles. The van der Waals surface area contributed by atoms with E-state index >= 15 is 0 Å². The molecule has 1 N–H and O–H groups in total. The molecule has 1 atom stereocenters. The van der Waals surface area contributed by atoms with Crippen LogP contribution >= 0.6 is 0 Å². The summed E-state index contributed by atoms with van der Waals surface area (Å²) in [7, 11) is -3.55. The van der Waals surface area contributed by atoms with E-state index in [1.807, 2.05) is 12.1 Å². The zero-order valence-electron chi connectivity index (χ0n) is 16.7. The van der Waals surface area contributed by atoms with Crippen molar-refractivity contribution < 1.29 is 12.8 Å². The lowest BCUT2D eigenvalue weighted by molar-refractivity contribution is 0.201. The van der Waals surface area contributed by atoms with Crippen LogP contribution in [0.1, 0.15) is 44.9 Å². The number of pyridine rings is 1. The number of hydrogen-bond donors (Lipinski definition) is 1. The molecule has 0 radical (unpaired) electrons. The summed E-state index contributed by atoms with van der Waals surface area (Å²) in [5.41, 5.74) is 0. The molecule has 154 valence electrons. The van der Waals surface area contributed by atoms with Crippen LogP contribution in [0.2, 0.25) is 0 Å². The van der Waals surface area contributed by atoms with Gasteiger partial charge in [-0.3, -0.25) is 4.90 Å². The van der Waals surface area contributed by atoms with E-state index in [-0.39, 0.29) is 10.9 Å². The van der Waals surface area contributed by atoms with E-state index in [1.54, 1.807) is 28.9 Å². The predicted molar refractivity (Wildman–Crippen MR) is 110 cm³/mol. The van der Waals surface area contributed by atoms with Gasteiger partial charge in [0.25, 0.3) is 0 Å². The van der Waals surface area contributed by atoms with Gasteiger partial charge in [0.05, 0.1) is 12.3 Å². The first kappa shape index (κ1) is 20.8. The van der Waals surface area contributed by atoms with Crippen LogP contribution in [0, 0.1) is 0 Å². The smallest absolute Gasteiger partial charge is 0.246 e. The van der Waals surface area contributed by atoms with E-state index < -0.39 is 10.0 Å². The number of sulfonamides is 1. The van der Waals surface area contributed by atoms with Crippen molar-refractivity contribution in [3.8, 4) is 0 Å². The van der Waals surface area contributed by atoms with Crippen LogP contribution in [0.25, 0.3) is 0 Å². The van der Waals surface area contributed by atoms with E-state index in [9.17, 15) is 8.42 Å². The largest absolute Gasteiger partial charge is 0.468 e. The highest BCUT2D eigenvalue weighted by Crippen LogP contribution is 2.27. The summed E-state index contributed by atoms with van der Waals surface area (Å²) < 4.78 is 33.5. The monoisotopic (exact) mass is 406 g/mol. The van der Waals surface area contributed by atoms with Crippen LogP contribution in [0.5, 0.6) is 0 Å². The molecule has 1 aliphatic heterocycles. The number of furan rings is 1. The van der Waals surface area contributed by atoms with E-state index in [2.05, 4.69) is 29.0 Å². The van der Waals surface area contributed by atoms with Crippen molar-refractivity contribution in [3.63, 3.8) is 0 Å². The van der Waals surface area contributed by atoms with Gasteiger partial charge >= 0.3 is 0 Å². The molecule has 0 aromatic carbocycles. The number of rotatable bonds is 9. The molecular formula is C20H30N4O3S. The molecule has 7 nitrogen and oxygen atoms in total. The standard InChI is InChI=1S/C20H30N4O3S/c1-3-23(4-2)17(18-10-9-15-27-18)16-22-20-19(11-8-12-21-20)28(25,26)24-13-6-5-7-14-24/h8-12,15,17H,3-7,13-14,16H2,1-2H3,(H,21,22). The molecule has 1 aliphatic rings. The Balaban J connectivity index is 1.82. The van der Waals surface area contributed by atoms with Crippen molar-refractivity contribution in [2.75, 3.05) is 38.0 Å². The third-order valence-electron chi connectivity index (χ3n) is 5.29. The summed E-state index contributed by atoms with van der Waals surface area (Å²) in [6.45, 7) is 7.60. The SMILES string of the molecule is CCN(CC)C(CNc1ncccc1S(=O)(=O)N1CCCCC1)c1ccco1. The fraction of sp³-hybridized carbons (Fsp3) is 0.550. The lowest BCUT2D eigenvalue weighted by atomic mass is 10.2. The first-order valence-corrected chi connectivity index (χ1v) is 11.5. The molecule has 28 heavy (non-hydrogen) atoms. The minimum atomic E-state index is -3.55. The molecule has 8 heteroatoms. The molecule has 0 bridgehead atoms. The number of piperidine rings is 1. The molecule has 0 aliphatic carbocycles. The molecule has 0 spiro atoms. The second kappa shape index (κ2) is 9.54. The highest BCUT2D eigenvalue weighted by molar-refractivity contribution is 7.89. The third-order valence-corrected chi connectivity index (χ3v) is 7.22. The number of aromatic nitrogens is 1. The summed E-state index contributed by atoms with van der Waals surface area (Å²) in [6, 6.07) is 7.14. The lowest BCUT2D eigenvalue weighted by Gasteiger charge is -2.29. The zero-order chi connectivity index (χ0) is 20.0.